The molecule has 0 unspecified atom stereocenters. The van der Waals surface area contributed by atoms with E-state index >= 15 is 8.78 Å². The SMILES string of the molecule is CC(F)(F)c1c(C2=C(O)c3ncccc3N(CC(F)F)S2(=O)=O)cc(Cl)cc1N1CCOCC1. The van der Waals surface area contributed by atoms with E-state index in [1.165, 1.54) is 24.4 Å². The van der Waals surface area contributed by atoms with Gasteiger partial charge in [-0.25, -0.2) is 26.0 Å². The third-order valence-corrected chi connectivity index (χ3v) is 7.54. The van der Waals surface area contributed by atoms with Crippen molar-refractivity contribution in [3.05, 3.63) is 52.3 Å². The van der Waals surface area contributed by atoms with E-state index in [2.05, 4.69) is 4.98 Å². The predicted molar refractivity (Wildman–Crippen MR) is 120 cm³/mol. The van der Waals surface area contributed by atoms with Crippen LogP contribution < -0.4 is 9.21 Å². The largest absolute Gasteiger partial charge is 0.504 e. The fourth-order valence-corrected chi connectivity index (χ4v) is 6.05. The van der Waals surface area contributed by atoms with Crippen LogP contribution in [-0.4, -0.2) is 57.8 Å². The second kappa shape index (κ2) is 8.90. The van der Waals surface area contributed by atoms with Gasteiger partial charge in [0.25, 0.3) is 22.4 Å². The maximum atomic E-state index is 15.1. The number of fused-ring (bicyclic) bond motifs is 1. The van der Waals surface area contributed by atoms with Gasteiger partial charge in [-0.15, -0.1) is 0 Å². The number of aromatic nitrogens is 1. The maximum absolute atomic E-state index is 15.1. The molecule has 7 nitrogen and oxygen atoms in total. The van der Waals surface area contributed by atoms with E-state index in [4.69, 9.17) is 16.3 Å². The van der Waals surface area contributed by atoms with Gasteiger partial charge in [0.1, 0.15) is 10.6 Å². The van der Waals surface area contributed by atoms with Crippen molar-refractivity contribution in [1.29, 1.82) is 0 Å². The Hall–Kier alpha value is -2.57. The summed E-state index contributed by atoms with van der Waals surface area (Å²) in [5.74, 6) is -4.52. The molecule has 34 heavy (non-hydrogen) atoms. The summed E-state index contributed by atoms with van der Waals surface area (Å²) in [7, 11) is -4.91. The summed E-state index contributed by atoms with van der Waals surface area (Å²) in [6.07, 6.45) is -1.86. The topological polar surface area (TPSA) is 83.0 Å². The van der Waals surface area contributed by atoms with Gasteiger partial charge in [0, 0.05) is 42.5 Å². The van der Waals surface area contributed by atoms with E-state index in [0.29, 0.717) is 11.2 Å². The molecule has 0 amide bonds. The first-order valence-electron chi connectivity index (χ1n) is 10.2. The van der Waals surface area contributed by atoms with Gasteiger partial charge in [-0.3, -0.25) is 9.29 Å². The van der Waals surface area contributed by atoms with Gasteiger partial charge in [-0.2, -0.15) is 0 Å². The highest BCUT2D eigenvalue weighted by Gasteiger charge is 2.44. The molecule has 0 saturated carbocycles. The van der Waals surface area contributed by atoms with Crippen LogP contribution in [0.2, 0.25) is 5.02 Å². The Bertz CT molecular complexity index is 1250. The molecule has 2 aromatic rings. The first kappa shape index (κ1) is 24.6. The van der Waals surface area contributed by atoms with Crippen LogP contribution in [0.15, 0.2) is 30.5 Å². The zero-order valence-electron chi connectivity index (χ0n) is 17.8. The van der Waals surface area contributed by atoms with Crippen molar-refractivity contribution in [3.8, 4) is 0 Å². The molecule has 184 valence electrons. The van der Waals surface area contributed by atoms with Crippen molar-refractivity contribution in [2.45, 2.75) is 19.3 Å². The Morgan fingerprint density at radius 3 is 2.53 bits per heavy atom. The number of alkyl halides is 4. The highest BCUT2D eigenvalue weighted by Crippen LogP contribution is 2.48. The van der Waals surface area contributed by atoms with E-state index in [-0.39, 0.29) is 48.4 Å². The predicted octanol–water partition coefficient (Wildman–Crippen LogP) is 4.48. The second-order valence-corrected chi connectivity index (χ2v) is 10.0. The second-order valence-electron chi connectivity index (χ2n) is 7.81. The third-order valence-electron chi connectivity index (χ3n) is 5.46. The molecule has 2 aliphatic heterocycles. The van der Waals surface area contributed by atoms with Gasteiger partial charge in [0.15, 0.2) is 5.76 Å². The van der Waals surface area contributed by atoms with Crippen molar-refractivity contribution >= 4 is 43.7 Å². The molecule has 1 fully saturated rings. The zero-order valence-corrected chi connectivity index (χ0v) is 19.4. The first-order chi connectivity index (χ1) is 15.9. The molecule has 0 aliphatic carbocycles. The maximum Gasteiger partial charge on any atom is 0.273 e. The van der Waals surface area contributed by atoms with E-state index < -0.39 is 50.7 Å². The van der Waals surface area contributed by atoms with Gasteiger partial charge in [0.05, 0.1) is 31.0 Å². The van der Waals surface area contributed by atoms with Crippen LogP contribution in [0.5, 0.6) is 0 Å². The van der Waals surface area contributed by atoms with Crippen molar-refractivity contribution in [2.24, 2.45) is 0 Å². The monoisotopic (exact) mass is 521 g/mol. The molecular formula is C21H20ClF4N3O4S. The lowest BCUT2D eigenvalue weighted by molar-refractivity contribution is 0.0174. The number of anilines is 2. The summed E-state index contributed by atoms with van der Waals surface area (Å²) in [6, 6.07) is 4.77. The average molecular weight is 522 g/mol. The quantitative estimate of drug-likeness (QED) is 0.584. The van der Waals surface area contributed by atoms with Crippen molar-refractivity contribution in [1.82, 2.24) is 4.98 Å². The average Bonchev–Trinajstić information content (AvgIpc) is 2.76. The lowest BCUT2D eigenvalue weighted by Gasteiger charge is -2.35. The minimum Gasteiger partial charge on any atom is -0.504 e. The van der Waals surface area contributed by atoms with Crippen molar-refractivity contribution in [2.75, 3.05) is 42.1 Å². The number of rotatable bonds is 5. The summed E-state index contributed by atoms with van der Waals surface area (Å²) in [6.45, 7) is 0.308. The summed E-state index contributed by atoms with van der Waals surface area (Å²) >= 11 is 6.22. The Labute approximate surface area is 198 Å². The van der Waals surface area contributed by atoms with Crippen LogP contribution in [0.25, 0.3) is 10.7 Å². The van der Waals surface area contributed by atoms with Crippen LogP contribution in [0.1, 0.15) is 23.7 Å². The Morgan fingerprint density at radius 2 is 1.91 bits per heavy atom. The lowest BCUT2D eigenvalue weighted by atomic mass is 9.97. The number of aliphatic hydroxyl groups is 1. The molecule has 1 saturated heterocycles. The molecule has 1 aromatic carbocycles. The molecule has 0 radical (unpaired) electrons. The number of aliphatic hydroxyl groups excluding tert-OH is 1. The van der Waals surface area contributed by atoms with Gasteiger partial charge in [-0.1, -0.05) is 11.6 Å². The molecule has 0 bridgehead atoms. The molecule has 4 rings (SSSR count). The standard InChI is InChI=1S/C21H20ClF4N3O4S/c1-21(25,26)17-13(9-12(22)10-15(17)28-5-7-33-8-6-28)20-19(30)18-14(3-2-4-27-18)29(11-16(23)24)34(20,31)32/h2-4,9-10,16,30H,5-8,11H2,1H3. The number of hydrogen-bond acceptors (Lipinski definition) is 6. The molecule has 13 heteroatoms. The molecule has 1 aromatic heterocycles. The number of morpholine rings is 1. The molecule has 0 spiro atoms. The van der Waals surface area contributed by atoms with Crippen molar-refractivity contribution in [3.63, 3.8) is 0 Å². The Balaban J connectivity index is 2.06. The number of halogens is 5. The van der Waals surface area contributed by atoms with Gasteiger partial charge in [0.2, 0.25) is 0 Å². The molecular weight excluding hydrogens is 502 g/mol. The zero-order chi connectivity index (χ0) is 24.8. The number of nitrogens with zero attached hydrogens (tertiary/aromatic N) is 3. The van der Waals surface area contributed by atoms with Gasteiger partial charge < -0.3 is 14.7 Å². The summed E-state index contributed by atoms with van der Waals surface area (Å²) in [4.78, 5) is 4.53. The van der Waals surface area contributed by atoms with Crippen molar-refractivity contribution < 1.29 is 35.8 Å². The highest BCUT2D eigenvalue weighted by atomic mass is 35.5. The van der Waals surface area contributed by atoms with E-state index in [9.17, 15) is 22.3 Å². The highest BCUT2D eigenvalue weighted by molar-refractivity contribution is 8.02. The summed E-state index contributed by atoms with van der Waals surface area (Å²) in [5, 5.41) is 10.9. The molecule has 0 atom stereocenters. The fraction of sp³-hybridized carbons (Fsp3) is 0.381. The number of benzene rings is 1. The molecule has 3 heterocycles. The number of sulfonamides is 1. The van der Waals surface area contributed by atoms with Crippen LogP contribution in [0.4, 0.5) is 28.9 Å². The fourth-order valence-electron chi connectivity index (χ4n) is 4.12. The third kappa shape index (κ3) is 4.29. The summed E-state index contributed by atoms with van der Waals surface area (Å²) in [5.41, 5.74) is -1.95. The van der Waals surface area contributed by atoms with Crippen LogP contribution >= 0.6 is 11.6 Å². The smallest absolute Gasteiger partial charge is 0.273 e. The van der Waals surface area contributed by atoms with Crippen LogP contribution in [0.3, 0.4) is 0 Å². The first-order valence-corrected chi connectivity index (χ1v) is 12.0. The number of hydrogen-bond donors (Lipinski definition) is 1. The number of pyridine rings is 1. The number of ether oxygens (including phenoxy) is 1. The summed E-state index contributed by atoms with van der Waals surface area (Å²) < 4.78 is 89.5. The Kier molecular flexibility index (Phi) is 6.42. The van der Waals surface area contributed by atoms with E-state index in [0.717, 1.165) is 6.07 Å². The molecule has 2 aliphatic rings. The Morgan fingerprint density at radius 1 is 1.24 bits per heavy atom. The van der Waals surface area contributed by atoms with E-state index in [1.54, 1.807) is 4.90 Å². The van der Waals surface area contributed by atoms with Crippen LogP contribution in [0, 0.1) is 0 Å². The molecule has 1 N–H and O–H groups in total. The van der Waals surface area contributed by atoms with Gasteiger partial charge in [-0.05, 0) is 24.3 Å². The minimum absolute atomic E-state index is 0.0407. The van der Waals surface area contributed by atoms with Crippen LogP contribution in [-0.2, 0) is 20.7 Å². The minimum atomic E-state index is -4.91. The normalized spacial score (nSPS) is 18.4. The van der Waals surface area contributed by atoms with Gasteiger partial charge >= 0.3 is 0 Å². The van der Waals surface area contributed by atoms with E-state index in [1.807, 2.05) is 0 Å². The lowest BCUT2D eigenvalue weighted by Crippen LogP contribution is -2.40.